The van der Waals surface area contributed by atoms with Gasteiger partial charge in [0.05, 0.1) is 15.5 Å². The average molecular weight is 499 g/mol. The molecular formula is C24H22N2O6S2. The van der Waals surface area contributed by atoms with E-state index in [0.29, 0.717) is 0 Å². The van der Waals surface area contributed by atoms with Crippen LogP contribution < -0.4 is 4.31 Å². The number of benzene rings is 3. The quantitative estimate of drug-likeness (QED) is 0.578. The van der Waals surface area contributed by atoms with Crippen LogP contribution in [0.5, 0.6) is 0 Å². The molecule has 1 saturated heterocycles. The van der Waals surface area contributed by atoms with E-state index < -0.39 is 43.6 Å². The molecule has 0 aromatic heterocycles. The fourth-order valence-electron chi connectivity index (χ4n) is 5.09. The lowest BCUT2D eigenvalue weighted by Crippen LogP contribution is -2.77. The number of anilines is 1. The van der Waals surface area contributed by atoms with Crippen molar-refractivity contribution in [1.29, 1.82) is 0 Å². The Morgan fingerprint density at radius 3 is 2.18 bits per heavy atom. The van der Waals surface area contributed by atoms with Crippen molar-refractivity contribution in [1.82, 2.24) is 4.31 Å². The topological polar surface area (TPSA) is 112 Å². The number of carboxylic acids is 1. The molecule has 10 heteroatoms. The summed E-state index contributed by atoms with van der Waals surface area (Å²) in [6, 6.07) is 20.3. The zero-order chi connectivity index (χ0) is 24.5. The molecule has 176 valence electrons. The third kappa shape index (κ3) is 2.76. The highest BCUT2D eigenvalue weighted by molar-refractivity contribution is 7.93. The van der Waals surface area contributed by atoms with Gasteiger partial charge in [-0.15, -0.1) is 0 Å². The molecule has 2 aliphatic rings. The average Bonchev–Trinajstić information content (AvgIpc) is 2.99. The van der Waals surface area contributed by atoms with E-state index in [1.54, 1.807) is 55.5 Å². The number of para-hydroxylation sites is 1. The summed E-state index contributed by atoms with van der Waals surface area (Å²) in [5.74, 6) is -2.23. The van der Waals surface area contributed by atoms with Gasteiger partial charge in [0, 0.05) is 11.5 Å². The van der Waals surface area contributed by atoms with E-state index in [9.17, 15) is 26.7 Å². The molecule has 0 bridgehead atoms. The molecule has 3 aromatic rings. The maximum atomic E-state index is 13.9. The number of hydrogen-bond acceptors (Lipinski definition) is 5. The monoisotopic (exact) mass is 498 g/mol. The van der Waals surface area contributed by atoms with Crippen LogP contribution in [-0.4, -0.2) is 38.4 Å². The molecule has 0 saturated carbocycles. The molecule has 1 fully saturated rings. The van der Waals surface area contributed by atoms with Gasteiger partial charge in [-0.05, 0) is 37.3 Å². The molecule has 0 amide bonds. The Bertz CT molecular complexity index is 1500. The lowest BCUT2D eigenvalue weighted by atomic mass is 9.70. The molecule has 2 heterocycles. The highest BCUT2D eigenvalue weighted by Gasteiger charge is 2.75. The van der Waals surface area contributed by atoms with E-state index in [4.69, 9.17) is 0 Å². The molecule has 1 N–H and O–H groups in total. The van der Waals surface area contributed by atoms with Gasteiger partial charge in [-0.2, -0.15) is 4.31 Å². The molecule has 34 heavy (non-hydrogen) atoms. The lowest BCUT2D eigenvalue weighted by molar-refractivity contribution is -0.169. The summed E-state index contributed by atoms with van der Waals surface area (Å²) in [6.07, 6.45) is -1.28. The zero-order valence-corrected chi connectivity index (χ0v) is 20.0. The van der Waals surface area contributed by atoms with Crippen LogP contribution in [0.2, 0.25) is 0 Å². The molecule has 5 rings (SSSR count). The van der Waals surface area contributed by atoms with Crippen molar-refractivity contribution in [3.8, 4) is 0 Å². The van der Waals surface area contributed by atoms with Crippen LogP contribution in [0, 0.1) is 12.8 Å². The Balaban J connectivity index is 1.75. The van der Waals surface area contributed by atoms with Crippen LogP contribution in [0.3, 0.4) is 0 Å². The van der Waals surface area contributed by atoms with Gasteiger partial charge in [0.1, 0.15) is 6.17 Å². The van der Waals surface area contributed by atoms with Crippen molar-refractivity contribution in [2.45, 2.75) is 35.3 Å². The van der Waals surface area contributed by atoms with Crippen molar-refractivity contribution >= 4 is 31.7 Å². The van der Waals surface area contributed by atoms with Gasteiger partial charge in [0.2, 0.25) is 10.0 Å². The standard InChI is InChI=1S/C24H22N2O6S2/c1-16-12-14-19(15-13-16)33(29,30)25(18-8-4-3-5-9-18)22-17(2)24(23(27)28)20-10-6-7-11-21(20)34(31,32)26(22)24/h3-15,17,22H,1-2H3,(H,27,28)/t17-,22-,24-/m0/s1. The van der Waals surface area contributed by atoms with Crippen LogP contribution in [0.1, 0.15) is 18.1 Å². The molecule has 2 aliphatic heterocycles. The molecular weight excluding hydrogens is 476 g/mol. The second kappa shape index (κ2) is 7.39. The van der Waals surface area contributed by atoms with Crippen LogP contribution in [0.4, 0.5) is 5.69 Å². The number of rotatable bonds is 5. The minimum absolute atomic E-state index is 0.0175. The van der Waals surface area contributed by atoms with Crippen molar-refractivity contribution in [2.75, 3.05) is 4.31 Å². The maximum Gasteiger partial charge on any atom is 0.330 e. The Kier molecular flexibility index (Phi) is 4.91. The Morgan fingerprint density at radius 1 is 0.971 bits per heavy atom. The number of hydrogen-bond donors (Lipinski definition) is 1. The normalized spacial score (nSPS) is 25.1. The predicted octanol–water partition coefficient (Wildman–Crippen LogP) is 3.15. The molecule has 3 aromatic carbocycles. The Labute approximate surface area is 198 Å². The summed E-state index contributed by atoms with van der Waals surface area (Å²) >= 11 is 0. The van der Waals surface area contributed by atoms with Gasteiger partial charge >= 0.3 is 5.97 Å². The summed E-state index contributed by atoms with van der Waals surface area (Å²) in [5.41, 5.74) is -0.641. The Morgan fingerprint density at radius 2 is 1.56 bits per heavy atom. The molecule has 0 aliphatic carbocycles. The van der Waals surface area contributed by atoms with Crippen molar-refractivity contribution < 1.29 is 26.7 Å². The second-order valence-corrected chi connectivity index (χ2v) is 12.1. The lowest BCUT2D eigenvalue weighted by Gasteiger charge is -2.58. The van der Waals surface area contributed by atoms with E-state index in [0.717, 1.165) is 14.2 Å². The van der Waals surface area contributed by atoms with Crippen LogP contribution in [-0.2, 0) is 30.4 Å². The third-order valence-electron chi connectivity index (χ3n) is 6.68. The highest BCUT2D eigenvalue weighted by Crippen LogP contribution is 2.60. The van der Waals surface area contributed by atoms with Crippen LogP contribution in [0.25, 0.3) is 0 Å². The largest absolute Gasteiger partial charge is 0.480 e. The smallest absolute Gasteiger partial charge is 0.330 e. The molecule has 3 atom stereocenters. The number of carbonyl (C=O) groups is 1. The van der Waals surface area contributed by atoms with E-state index in [2.05, 4.69) is 0 Å². The predicted molar refractivity (Wildman–Crippen MR) is 125 cm³/mol. The SMILES string of the molecule is Cc1ccc(S(=O)(=O)N(c2ccccc2)[C@@H]2[C@H](C)[C@@]3(C(=O)O)c4ccccc4S(=O)(=O)N23)cc1. The van der Waals surface area contributed by atoms with Crippen molar-refractivity contribution in [3.05, 3.63) is 90.0 Å². The van der Waals surface area contributed by atoms with E-state index in [-0.39, 0.29) is 21.0 Å². The molecule has 0 spiro atoms. The Hall–Kier alpha value is -3.21. The molecule has 8 nitrogen and oxygen atoms in total. The number of carboxylic acid groups (broad SMARTS) is 1. The first kappa shape index (κ1) is 22.6. The number of aliphatic carboxylic acids is 1. The van der Waals surface area contributed by atoms with Gasteiger partial charge in [-0.3, -0.25) is 0 Å². The van der Waals surface area contributed by atoms with E-state index in [1.807, 2.05) is 6.92 Å². The minimum Gasteiger partial charge on any atom is -0.480 e. The second-order valence-electron chi connectivity index (χ2n) is 8.52. The van der Waals surface area contributed by atoms with Gasteiger partial charge in [0.15, 0.2) is 5.54 Å². The maximum absolute atomic E-state index is 13.9. The zero-order valence-electron chi connectivity index (χ0n) is 18.4. The summed E-state index contributed by atoms with van der Waals surface area (Å²) in [6.45, 7) is 3.40. The summed E-state index contributed by atoms with van der Waals surface area (Å²) in [5, 5.41) is 10.3. The molecule has 0 unspecified atom stereocenters. The van der Waals surface area contributed by atoms with Gasteiger partial charge in [0.25, 0.3) is 10.0 Å². The van der Waals surface area contributed by atoms with Gasteiger partial charge in [-0.25, -0.2) is 25.9 Å². The van der Waals surface area contributed by atoms with E-state index >= 15 is 0 Å². The van der Waals surface area contributed by atoms with Crippen LogP contribution >= 0.6 is 0 Å². The number of nitrogens with zero attached hydrogens (tertiary/aromatic N) is 2. The summed E-state index contributed by atoms with van der Waals surface area (Å²) < 4.78 is 56.9. The first-order chi connectivity index (χ1) is 16.1. The fourth-order valence-corrected chi connectivity index (χ4v) is 9.06. The molecule has 0 radical (unpaired) electrons. The van der Waals surface area contributed by atoms with Gasteiger partial charge < -0.3 is 5.11 Å². The number of aryl methyl sites for hydroxylation is 1. The number of sulfonamides is 2. The highest BCUT2D eigenvalue weighted by atomic mass is 32.2. The third-order valence-corrected chi connectivity index (χ3v) is 10.4. The summed E-state index contributed by atoms with van der Waals surface area (Å²) in [7, 11) is -8.55. The minimum atomic E-state index is -4.29. The summed E-state index contributed by atoms with van der Waals surface area (Å²) in [4.78, 5) is 12.5. The van der Waals surface area contributed by atoms with Crippen LogP contribution in [0.15, 0.2) is 88.7 Å². The fraction of sp³-hybridized carbons (Fsp3) is 0.208. The van der Waals surface area contributed by atoms with Gasteiger partial charge in [-0.1, -0.05) is 61.0 Å². The van der Waals surface area contributed by atoms with E-state index in [1.165, 1.54) is 30.3 Å². The first-order valence-electron chi connectivity index (χ1n) is 10.6. The van der Waals surface area contributed by atoms with Crippen molar-refractivity contribution in [3.63, 3.8) is 0 Å². The first-order valence-corrected chi connectivity index (χ1v) is 13.5. The van der Waals surface area contributed by atoms with Crippen molar-refractivity contribution in [2.24, 2.45) is 5.92 Å². The number of fused-ring (bicyclic) bond motifs is 3.